The molecule has 1 aliphatic heterocycles. The van der Waals surface area contributed by atoms with Crippen LogP contribution >= 0.6 is 0 Å². The first kappa shape index (κ1) is 14.6. The third-order valence-electron chi connectivity index (χ3n) is 3.78. The molecule has 1 amide bonds. The van der Waals surface area contributed by atoms with Crippen LogP contribution in [0.25, 0.3) is 0 Å². The molecule has 4 N–H and O–H groups in total. The van der Waals surface area contributed by atoms with Crippen molar-refractivity contribution < 1.29 is 15.0 Å². The van der Waals surface area contributed by atoms with Crippen molar-refractivity contribution in [3.8, 4) is 11.5 Å². The third-order valence-corrected chi connectivity index (χ3v) is 3.78. The van der Waals surface area contributed by atoms with Crippen LogP contribution in [0.1, 0.15) is 17.3 Å². The highest BCUT2D eigenvalue weighted by molar-refractivity contribution is 5.97. The summed E-state index contributed by atoms with van der Waals surface area (Å²) >= 11 is 0. The Morgan fingerprint density at radius 3 is 2.55 bits per heavy atom. The first-order valence-corrected chi connectivity index (χ1v) is 6.78. The highest BCUT2D eigenvalue weighted by Crippen LogP contribution is 2.24. The summed E-state index contributed by atoms with van der Waals surface area (Å²) in [4.78, 5) is 16.3. The van der Waals surface area contributed by atoms with Crippen molar-refractivity contribution >= 4 is 5.91 Å². The van der Waals surface area contributed by atoms with Gasteiger partial charge in [0.25, 0.3) is 5.91 Å². The molecule has 2 rings (SSSR count). The lowest BCUT2D eigenvalue weighted by atomic mass is 10.1. The van der Waals surface area contributed by atoms with Crippen molar-refractivity contribution in [2.75, 3.05) is 32.7 Å². The van der Waals surface area contributed by atoms with Crippen LogP contribution in [0.4, 0.5) is 0 Å². The Balaban J connectivity index is 2.03. The number of amides is 1. The Morgan fingerprint density at radius 2 is 1.95 bits per heavy atom. The summed E-state index contributed by atoms with van der Waals surface area (Å²) in [6, 6.07) is 4.29. The number of nitrogens with two attached hydrogens (primary N) is 1. The van der Waals surface area contributed by atoms with E-state index in [-0.39, 0.29) is 23.0 Å². The lowest BCUT2D eigenvalue weighted by Crippen LogP contribution is -2.52. The average Bonchev–Trinajstić information content (AvgIpc) is 2.48. The van der Waals surface area contributed by atoms with E-state index in [1.807, 2.05) is 0 Å². The summed E-state index contributed by atoms with van der Waals surface area (Å²) in [5, 5.41) is 19.2. The second-order valence-electron chi connectivity index (χ2n) is 5.11. The second kappa shape index (κ2) is 6.11. The van der Waals surface area contributed by atoms with E-state index in [9.17, 15) is 15.0 Å². The molecule has 1 aromatic rings. The zero-order chi connectivity index (χ0) is 14.7. The highest BCUT2D eigenvalue weighted by Gasteiger charge is 2.25. The third kappa shape index (κ3) is 3.02. The van der Waals surface area contributed by atoms with E-state index in [4.69, 9.17) is 5.73 Å². The molecule has 1 saturated heterocycles. The van der Waals surface area contributed by atoms with Gasteiger partial charge in [-0.15, -0.1) is 0 Å². The van der Waals surface area contributed by atoms with Gasteiger partial charge in [0.1, 0.15) is 11.5 Å². The highest BCUT2D eigenvalue weighted by atomic mass is 16.3. The Morgan fingerprint density at radius 1 is 1.30 bits per heavy atom. The van der Waals surface area contributed by atoms with Crippen molar-refractivity contribution in [1.29, 1.82) is 0 Å². The predicted molar refractivity (Wildman–Crippen MR) is 75.8 cm³/mol. The van der Waals surface area contributed by atoms with E-state index < -0.39 is 0 Å². The SMILES string of the molecule is CC(CN)N1CCN(C(=O)c2cc(O)ccc2O)CC1. The first-order chi connectivity index (χ1) is 9.52. The molecule has 1 unspecified atom stereocenters. The lowest BCUT2D eigenvalue weighted by Gasteiger charge is -2.37. The fraction of sp³-hybridized carbons (Fsp3) is 0.500. The molecule has 1 aliphatic rings. The molecule has 1 fully saturated rings. The fourth-order valence-electron chi connectivity index (χ4n) is 2.38. The fourth-order valence-corrected chi connectivity index (χ4v) is 2.38. The minimum Gasteiger partial charge on any atom is -0.508 e. The molecule has 0 bridgehead atoms. The number of piperazine rings is 1. The largest absolute Gasteiger partial charge is 0.508 e. The molecular weight excluding hydrogens is 258 g/mol. The number of phenols is 2. The van der Waals surface area contributed by atoms with E-state index in [0.29, 0.717) is 25.7 Å². The van der Waals surface area contributed by atoms with Crippen molar-refractivity contribution in [1.82, 2.24) is 9.80 Å². The molecule has 1 heterocycles. The maximum Gasteiger partial charge on any atom is 0.257 e. The van der Waals surface area contributed by atoms with Crippen LogP contribution < -0.4 is 5.73 Å². The summed E-state index contributed by atoms with van der Waals surface area (Å²) in [5.74, 6) is -0.384. The minimum atomic E-state index is -0.251. The summed E-state index contributed by atoms with van der Waals surface area (Å²) in [6.45, 7) is 5.39. The van der Waals surface area contributed by atoms with Crippen molar-refractivity contribution in [3.05, 3.63) is 23.8 Å². The number of hydrogen-bond acceptors (Lipinski definition) is 5. The van der Waals surface area contributed by atoms with Gasteiger partial charge in [-0.25, -0.2) is 0 Å². The zero-order valence-electron chi connectivity index (χ0n) is 11.6. The van der Waals surface area contributed by atoms with E-state index in [1.54, 1.807) is 4.90 Å². The smallest absolute Gasteiger partial charge is 0.257 e. The molecule has 6 heteroatoms. The number of carbonyl (C=O) groups excluding carboxylic acids is 1. The Kier molecular flexibility index (Phi) is 4.46. The Bertz CT molecular complexity index is 485. The van der Waals surface area contributed by atoms with E-state index >= 15 is 0 Å². The number of phenolic OH excluding ortho intramolecular Hbond substituents is 2. The summed E-state index contributed by atoms with van der Waals surface area (Å²) in [6.07, 6.45) is 0. The normalized spacial score (nSPS) is 18.0. The van der Waals surface area contributed by atoms with Crippen LogP contribution in [0.3, 0.4) is 0 Å². The maximum absolute atomic E-state index is 12.3. The number of benzene rings is 1. The molecule has 0 saturated carbocycles. The number of rotatable bonds is 3. The molecule has 0 aliphatic carbocycles. The van der Waals surface area contributed by atoms with E-state index in [1.165, 1.54) is 18.2 Å². The summed E-state index contributed by atoms with van der Waals surface area (Å²) < 4.78 is 0. The molecular formula is C14H21N3O3. The molecule has 0 radical (unpaired) electrons. The zero-order valence-corrected chi connectivity index (χ0v) is 11.6. The van der Waals surface area contributed by atoms with Gasteiger partial charge in [0.05, 0.1) is 5.56 Å². The molecule has 6 nitrogen and oxygen atoms in total. The van der Waals surface area contributed by atoms with Gasteiger partial charge in [0, 0.05) is 38.8 Å². The second-order valence-corrected chi connectivity index (χ2v) is 5.11. The maximum atomic E-state index is 12.3. The number of carbonyl (C=O) groups is 1. The standard InChI is InChI=1S/C14H21N3O3/c1-10(9-15)16-4-6-17(7-5-16)14(20)12-8-11(18)2-3-13(12)19/h2-3,8,10,18-19H,4-7,9,15H2,1H3. The van der Waals surface area contributed by atoms with Gasteiger partial charge in [-0.05, 0) is 25.1 Å². The number of aromatic hydroxyl groups is 2. The van der Waals surface area contributed by atoms with Gasteiger partial charge in [-0.1, -0.05) is 0 Å². The molecule has 1 atom stereocenters. The van der Waals surface area contributed by atoms with Crippen molar-refractivity contribution in [3.63, 3.8) is 0 Å². The summed E-state index contributed by atoms with van der Waals surface area (Å²) in [7, 11) is 0. The van der Waals surface area contributed by atoms with Gasteiger partial charge in [0.2, 0.25) is 0 Å². The van der Waals surface area contributed by atoms with Gasteiger partial charge in [-0.2, -0.15) is 0 Å². The van der Waals surface area contributed by atoms with Crippen LogP contribution in [0.5, 0.6) is 11.5 Å². The van der Waals surface area contributed by atoms with E-state index in [2.05, 4.69) is 11.8 Å². The van der Waals surface area contributed by atoms with Crippen molar-refractivity contribution in [2.24, 2.45) is 5.73 Å². The van der Waals surface area contributed by atoms with Crippen molar-refractivity contribution in [2.45, 2.75) is 13.0 Å². The van der Waals surface area contributed by atoms with Crippen LogP contribution in [0, 0.1) is 0 Å². The van der Waals surface area contributed by atoms with Crippen LogP contribution in [-0.2, 0) is 0 Å². The number of nitrogens with zero attached hydrogens (tertiary/aromatic N) is 2. The van der Waals surface area contributed by atoms with Crippen LogP contribution in [0.15, 0.2) is 18.2 Å². The molecule has 0 spiro atoms. The van der Waals surface area contributed by atoms with Gasteiger partial charge < -0.3 is 20.8 Å². The Hall–Kier alpha value is -1.79. The molecule has 0 aromatic heterocycles. The van der Waals surface area contributed by atoms with Gasteiger partial charge in [0.15, 0.2) is 0 Å². The predicted octanol–water partition coefficient (Wildman–Crippen LogP) is 0.203. The molecule has 110 valence electrons. The van der Waals surface area contributed by atoms with Gasteiger partial charge >= 0.3 is 0 Å². The average molecular weight is 279 g/mol. The summed E-state index contributed by atoms with van der Waals surface area (Å²) in [5.41, 5.74) is 5.79. The number of hydrogen-bond donors (Lipinski definition) is 3. The van der Waals surface area contributed by atoms with E-state index in [0.717, 1.165) is 13.1 Å². The lowest BCUT2D eigenvalue weighted by molar-refractivity contribution is 0.0586. The van der Waals surface area contributed by atoms with Gasteiger partial charge in [-0.3, -0.25) is 9.69 Å². The topological polar surface area (TPSA) is 90.0 Å². The Labute approximate surface area is 118 Å². The molecule has 20 heavy (non-hydrogen) atoms. The minimum absolute atomic E-state index is 0.0264. The monoisotopic (exact) mass is 279 g/mol. The molecule has 1 aromatic carbocycles. The van der Waals surface area contributed by atoms with Crippen LogP contribution in [0.2, 0.25) is 0 Å². The van der Waals surface area contributed by atoms with Crippen LogP contribution in [-0.4, -0.2) is 64.7 Å². The first-order valence-electron chi connectivity index (χ1n) is 6.78. The quantitative estimate of drug-likeness (QED) is 0.688.